The Bertz CT molecular complexity index is 480. The lowest BCUT2D eigenvalue weighted by molar-refractivity contribution is -0.136. The number of halogens is 2. The van der Waals surface area contributed by atoms with Crippen molar-refractivity contribution in [1.29, 1.82) is 0 Å². The van der Waals surface area contributed by atoms with Crippen molar-refractivity contribution < 1.29 is 23.5 Å². The second-order valence-corrected chi connectivity index (χ2v) is 3.94. The summed E-state index contributed by atoms with van der Waals surface area (Å²) in [6.07, 6.45) is -0.188. The molecule has 3 N–H and O–H groups in total. The third-order valence-electron chi connectivity index (χ3n) is 2.42. The lowest BCUT2D eigenvalue weighted by atomic mass is 10.1. The Morgan fingerprint density at radius 2 is 2.00 bits per heavy atom. The molecule has 104 valence electrons. The number of benzene rings is 1. The van der Waals surface area contributed by atoms with Crippen LogP contribution >= 0.6 is 0 Å². The highest BCUT2D eigenvalue weighted by Crippen LogP contribution is 2.15. The van der Waals surface area contributed by atoms with Crippen molar-refractivity contribution in [2.45, 2.75) is 19.4 Å². The van der Waals surface area contributed by atoms with Crippen LogP contribution in [0.1, 0.15) is 24.9 Å². The van der Waals surface area contributed by atoms with E-state index in [9.17, 15) is 18.4 Å². The number of urea groups is 1. The van der Waals surface area contributed by atoms with Crippen molar-refractivity contribution in [1.82, 2.24) is 10.6 Å². The molecule has 1 aromatic rings. The SMILES string of the molecule is CC(NC(=O)NCCC(=O)O)c1ccc(F)c(F)c1. The summed E-state index contributed by atoms with van der Waals surface area (Å²) in [6, 6.07) is 2.24. The van der Waals surface area contributed by atoms with Gasteiger partial charge in [0, 0.05) is 6.54 Å². The maximum absolute atomic E-state index is 13.0. The second-order valence-electron chi connectivity index (χ2n) is 3.94. The van der Waals surface area contributed by atoms with Crippen LogP contribution in [0.3, 0.4) is 0 Å². The first-order chi connectivity index (χ1) is 8.90. The topological polar surface area (TPSA) is 78.4 Å². The van der Waals surface area contributed by atoms with Crippen LogP contribution in [-0.4, -0.2) is 23.7 Å². The molecule has 0 aliphatic rings. The Hall–Kier alpha value is -2.18. The van der Waals surface area contributed by atoms with Crippen molar-refractivity contribution in [2.24, 2.45) is 0 Å². The van der Waals surface area contributed by atoms with Crippen LogP contribution in [0.15, 0.2) is 18.2 Å². The molecule has 7 heteroatoms. The van der Waals surface area contributed by atoms with Gasteiger partial charge in [-0.05, 0) is 24.6 Å². The molecule has 1 aromatic carbocycles. The van der Waals surface area contributed by atoms with Crippen LogP contribution in [0.5, 0.6) is 0 Å². The van der Waals surface area contributed by atoms with E-state index in [0.29, 0.717) is 5.56 Å². The van der Waals surface area contributed by atoms with Gasteiger partial charge in [0.15, 0.2) is 11.6 Å². The van der Waals surface area contributed by atoms with Crippen LogP contribution in [0, 0.1) is 11.6 Å². The number of carboxylic acid groups (broad SMARTS) is 1. The predicted molar refractivity (Wildman–Crippen MR) is 63.6 cm³/mol. The van der Waals surface area contributed by atoms with Gasteiger partial charge in [-0.15, -0.1) is 0 Å². The van der Waals surface area contributed by atoms with Crippen LogP contribution in [-0.2, 0) is 4.79 Å². The third kappa shape index (κ3) is 4.90. The van der Waals surface area contributed by atoms with E-state index in [1.54, 1.807) is 6.92 Å². The zero-order valence-electron chi connectivity index (χ0n) is 10.2. The molecular weight excluding hydrogens is 258 g/mol. The maximum atomic E-state index is 13.0. The van der Waals surface area contributed by atoms with Gasteiger partial charge in [-0.25, -0.2) is 13.6 Å². The van der Waals surface area contributed by atoms with Crippen LogP contribution in [0.2, 0.25) is 0 Å². The number of carbonyl (C=O) groups excluding carboxylic acids is 1. The van der Waals surface area contributed by atoms with Gasteiger partial charge in [-0.3, -0.25) is 4.79 Å². The summed E-state index contributed by atoms with van der Waals surface area (Å²) in [4.78, 5) is 21.6. The third-order valence-corrected chi connectivity index (χ3v) is 2.42. The molecule has 1 unspecified atom stereocenters. The predicted octanol–water partition coefficient (Wildman–Crippen LogP) is 1.80. The highest BCUT2D eigenvalue weighted by molar-refractivity contribution is 5.75. The van der Waals surface area contributed by atoms with E-state index in [-0.39, 0.29) is 13.0 Å². The second kappa shape index (κ2) is 6.67. The molecule has 0 heterocycles. The van der Waals surface area contributed by atoms with E-state index < -0.39 is 29.7 Å². The molecule has 2 amide bonds. The number of rotatable bonds is 5. The first-order valence-corrected chi connectivity index (χ1v) is 5.61. The fourth-order valence-corrected chi connectivity index (χ4v) is 1.40. The minimum absolute atomic E-state index is 0.00827. The smallest absolute Gasteiger partial charge is 0.315 e. The largest absolute Gasteiger partial charge is 0.481 e. The zero-order chi connectivity index (χ0) is 14.4. The van der Waals surface area contributed by atoms with E-state index >= 15 is 0 Å². The number of hydrogen-bond donors (Lipinski definition) is 3. The average Bonchev–Trinajstić information content (AvgIpc) is 2.32. The Morgan fingerprint density at radius 3 is 2.58 bits per heavy atom. The minimum atomic E-state index is -1.02. The normalized spacial score (nSPS) is 11.7. The Kier molecular flexibility index (Phi) is 5.23. The molecule has 0 aliphatic heterocycles. The number of aliphatic carboxylic acids is 1. The maximum Gasteiger partial charge on any atom is 0.315 e. The summed E-state index contributed by atoms with van der Waals surface area (Å²) in [5, 5.41) is 13.2. The highest BCUT2D eigenvalue weighted by Gasteiger charge is 2.11. The summed E-state index contributed by atoms with van der Waals surface area (Å²) in [5.41, 5.74) is 0.410. The molecule has 0 fully saturated rings. The summed E-state index contributed by atoms with van der Waals surface area (Å²) in [6.45, 7) is 1.59. The summed E-state index contributed by atoms with van der Waals surface area (Å²) in [7, 11) is 0. The molecule has 0 saturated carbocycles. The van der Waals surface area contributed by atoms with Gasteiger partial charge in [0.1, 0.15) is 0 Å². The zero-order valence-corrected chi connectivity index (χ0v) is 10.2. The molecule has 0 spiro atoms. The van der Waals surface area contributed by atoms with Crippen LogP contribution in [0.4, 0.5) is 13.6 Å². The number of carboxylic acids is 1. The first kappa shape index (κ1) is 14.9. The fraction of sp³-hybridized carbons (Fsp3) is 0.333. The van der Waals surface area contributed by atoms with Crippen molar-refractivity contribution in [2.75, 3.05) is 6.54 Å². The monoisotopic (exact) mass is 272 g/mol. The van der Waals surface area contributed by atoms with E-state index in [4.69, 9.17) is 5.11 Å². The number of hydrogen-bond acceptors (Lipinski definition) is 2. The molecule has 0 radical (unpaired) electrons. The van der Waals surface area contributed by atoms with E-state index in [0.717, 1.165) is 12.1 Å². The molecule has 1 atom stereocenters. The van der Waals surface area contributed by atoms with Gasteiger partial charge in [-0.2, -0.15) is 0 Å². The van der Waals surface area contributed by atoms with Crippen molar-refractivity contribution in [3.05, 3.63) is 35.4 Å². The molecule has 0 aromatic heterocycles. The minimum Gasteiger partial charge on any atom is -0.481 e. The number of amides is 2. The molecule has 0 bridgehead atoms. The van der Waals surface area contributed by atoms with Gasteiger partial charge in [-0.1, -0.05) is 6.07 Å². The molecule has 0 saturated heterocycles. The lowest BCUT2D eigenvalue weighted by Crippen LogP contribution is -2.38. The molecule has 5 nitrogen and oxygen atoms in total. The van der Waals surface area contributed by atoms with Crippen LogP contribution < -0.4 is 10.6 Å². The standard InChI is InChI=1S/C12H14F2N2O3/c1-7(8-2-3-9(13)10(14)6-8)16-12(19)15-5-4-11(17)18/h2-3,6-7H,4-5H2,1H3,(H,17,18)(H2,15,16,19). The highest BCUT2D eigenvalue weighted by atomic mass is 19.2. The average molecular weight is 272 g/mol. The van der Waals surface area contributed by atoms with Gasteiger partial charge >= 0.3 is 12.0 Å². The molecule has 1 rings (SSSR count). The Morgan fingerprint density at radius 1 is 1.32 bits per heavy atom. The van der Waals surface area contributed by atoms with E-state index in [1.165, 1.54) is 6.07 Å². The van der Waals surface area contributed by atoms with Gasteiger partial charge < -0.3 is 15.7 Å². The fourth-order valence-electron chi connectivity index (χ4n) is 1.40. The van der Waals surface area contributed by atoms with E-state index in [2.05, 4.69) is 10.6 Å². The lowest BCUT2D eigenvalue weighted by Gasteiger charge is -2.15. The number of carbonyl (C=O) groups is 2. The van der Waals surface area contributed by atoms with Crippen molar-refractivity contribution in [3.8, 4) is 0 Å². The number of nitrogens with one attached hydrogen (secondary N) is 2. The van der Waals surface area contributed by atoms with Gasteiger partial charge in [0.25, 0.3) is 0 Å². The van der Waals surface area contributed by atoms with Gasteiger partial charge in [0.2, 0.25) is 0 Å². The van der Waals surface area contributed by atoms with Crippen molar-refractivity contribution >= 4 is 12.0 Å². The summed E-state index contributed by atoms with van der Waals surface area (Å²) in [5.74, 6) is -2.96. The molecule has 19 heavy (non-hydrogen) atoms. The first-order valence-electron chi connectivity index (χ1n) is 5.61. The van der Waals surface area contributed by atoms with E-state index in [1.807, 2.05) is 0 Å². The molecule has 0 aliphatic carbocycles. The summed E-state index contributed by atoms with van der Waals surface area (Å²) >= 11 is 0. The van der Waals surface area contributed by atoms with Crippen LogP contribution in [0.25, 0.3) is 0 Å². The van der Waals surface area contributed by atoms with Gasteiger partial charge in [0.05, 0.1) is 12.5 Å². The molecular formula is C12H14F2N2O3. The quantitative estimate of drug-likeness (QED) is 0.764. The Balaban J connectivity index is 2.49. The van der Waals surface area contributed by atoms with Crippen molar-refractivity contribution in [3.63, 3.8) is 0 Å². The summed E-state index contributed by atoms with van der Waals surface area (Å²) < 4.78 is 25.7. The Labute approximate surface area is 108 Å².